The molecule has 1 aliphatic rings. The normalized spacial score (nSPS) is 19.6. The molecular formula is C14H19N5O2. The quantitative estimate of drug-likeness (QED) is 0.882. The number of nitrogens with one attached hydrogen (secondary N) is 1. The number of nitrogens with zero attached hydrogens (tertiary/aromatic N) is 4. The second kappa shape index (κ2) is 6.64. The summed E-state index contributed by atoms with van der Waals surface area (Å²) in [6.07, 6.45) is 3.53. The van der Waals surface area contributed by atoms with Crippen molar-refractivity contribution in [1.82, 2.24) is 20.1 Å². The summed E-state index contributed by atoms with van der Waals surface area (Å²) in [6.45, 7) is 5.78. The standard InChI is InChI=1S/C14H19N5O2/c1-11-7-16-14(21-11)10-19-5-6-20-12(9-19)8-15-13-3-2-4-17-18-13/h2-4,7,12H,5-6,8-10H2,1H3,(H,15,18)/t12-/m0/s1. The van der Waals surface area contributed by atoms with Crippen LogP contribution in [0.2, 0.25) is 0 Å². The number of ether oxygens (including phenoxy) is 1. The average molecular weight is 289 g/mol. The van der Waals surface area contributed by atoms with Gasteiger partial charge in [-0.25, -0.2) is 4.98 Å². The van der Waals surface area contributed by atoms with Crippen molar-refractivity contribution in [2.75, 3.05) is 31.6 Å². The Bertz CT molecular complexity index is 560. The van der Waals surface area contributed by atoms with Crippen molar-refractivity contribution in [3.63, 3.8) is 0 Å². The van der Waals surface area contributed by atoms with Crippen molar-refractivity contribution in [3.05, 3.63) is 36.2 Å². The summed E-state index contributed by atoms with van der Waals surface area (Å²) in [5.41, 5.74) is 0. The highest BCUT2D eigenvalue weighted by Gasteiger charge is 2.21. The molecular weight excluding hydrogens is 270 g/mol. The second-order valence-electron chi connectivity index (χ2n) is 5.08. The Morgan fingerprint density at radius 2 is 2.43 bits per heavy atom. The van der Waals surface area contributed by atoms with Gasteiger partial charge in [0.2, 0.25) is 5.89 Å². The first-order valence-electron chi connectivity index (χ1n) is 7.06. The summed E-state index contributed by atoms with van der Waals surface area (Å²) in [5.74, 6) is 2.37. The van der Waals surface area contributed by atoms with E-state index in [1.807, 2.05) is 19.1 Å². The number of oxazole rings is 1. The van der Waals surface area contributed by atoms with Crippen molar-refractivity contribution < 1.29 is 9.15 Å². The van der Waals surface area contributed by atoms with E-state index in [0.29, 0.717) is 13.2 Å². The molecule has 1 N–H and O–H groups in total. The molecule has 0 aliphatic carbocycles. The maximum Gasteiger partial charge on any atom is 0.208 e. The topological polar surface area (TPSA) is 76.3 Å². The number of aryl methyl sites for hydroxylation is 1. The third-order valence-electron chi connectivity index (χ3n) is 3.33. The smallest absolute Gasteiger partial charge is 0.208 e. The van der Waals surface area contributed by atoms with Crippen molar-refractivity contribution in [1.29, 1.82) is 0 Å². The van der Waals surface area contributed by atoms with Crippen LogP contribution in [0.15, 0.2) is 28.9 Å². The monoisotopic (exact) mass is 289 g/mol. The highest BCUT2D eigenvalue weighted by Crippen LogP contribution is 2.11. The van der Waals surface area contributed by atoms with Crippen LogP contribution in [-0.2, 0) is 11.3 Å². The summed E-state index contributed by atoms with van der Waals surface area (Å²) in [4.78, 5) is 6.53. The third-order valence-corrected chi connectivity index (χ3v) is 3.33. The zero-order valence-electron chi connectivity index (χ0n) is 12.0. The third kappa shape index (κ3) is 3.99. The molecule has 2 aromatic rings. The molecule has 21 heavy (non-hydrogen) atoms. The molecule has 0 amide bonds. The van der Waals surface area contributed by atoms with Gasteiger partial charge in [-0.1, -0.05) is 0 Å². The molecule has 3 rings (SSSR count). The molecule has 0 bridgehead atoms. The lowest BCUT2D eigenvalue weighted by Crippen LogP contribution is -2.44. The zero-order chi connectivity index (χ0) is 14.5. The van der Waals surface area contributed by atoms with Crippen molar-refractivity contribution in [2.45, 2.75) is 19.6 Å². The largest absolute Gasteiger partial charge is 0.445 e. The molecule has 0 aromatic carbocycles. The number of aromatic nitrogens is 3. The Labute approximate surface area is 123 Å². The molecule has 7 heteroatoms. The van der Waals surface area contributed by atoms with Crippen LogP contribution in [0.25, 0.3) is 0 Å². The number of rotatable bonds is 5. The molecule has 1 saturated heterocycles. The van der Waals surface area contributed by atoms with Crippen LogP contribution in [0.5, 0.6) is 0 Å². The lowest BCUT2D eigenvalue weighted by Gasteiger charge is -2.32. The predicted octanol–water partition coefficient (Wildman–Crippen LogP) is 1.09. The maximum absolute atomic E-state index is 5.77. The summed E-state index contributed by atoms with van der Waals surface area (Å²) < 4.78 is 11.3. The number of hydrogen-bond acceptors (Lipinski definition) is 7. The SMILES string of the molecule is Cc1cnc(CN2CCO[C@@H](CNc3cccnn3)C2)o1. The Morgan fingerprint density at radius 1 is 1.48 bits per heavy atom. The van der Waals surface area contributed by atoms with E-state index < -0.39 is 0 Å². The fourth-order valence-electron chi connectivity index (χ4n) is 2.33. The molecule has 1 aliphatic heterocycles. The van der Waals surface area contributed by atoms with Crippen LogP contribution >= 0.6 is 0 Å². The van der Waals surface area contributed by atoms with E-state index in [1.54, 1.807) is 12.4 Å². The summed E-state index contributed by atoms with van der Waals surface area (Å²) in [7, 11) is 0. The van der Waals surface area contributed by atoms with E-state index in [9.17, 15) is 0 Å². The van der Waals surface area contributed by atoms with Crippen LogP contribution in [0.1, 0.15) is 11.7 Å². The Balaban J connectivity index is 1.49. The first-order chi connectivity index (χ1) is 10.3. The minimum atomic E-state index is 0.122. The van der Waals surface area contributed by atoms with E-state index in [0.717, 1.165) is 37.1 Å². The average Bonchev–Trinajstić information content (AvgIpc) is 2.92. The van der Waals surface area contributed by atoms with Crippen molar-refractivity contribution in [3.8, 4) is 0 Å². The maximum atomic E-state index is 5.77. The summed E-state index contributed by atoms with van der Waals surface area (Å²) in [5, 5.41) is 11.1. The molecule has 112 valence electrons. The number of morpholine rings is 1. The van der Waals surface area contributed by atoms with E-state index in [1.165, 1.54) is 0 Å². The molecule has 1 fully saturated rings. The van der Waals surface area contributed by atoms with Crippen molar-refractivity contribution >= 4 is 5.82 Å². The van der Waals surface area contributed by atoms with Gasteiger partial charge >= 0.3 is 0 Å². The van der Waals surface area contributed by atoms with Gasteiger partial charge in [0.15, 0.2) is 0 Å². The molecule has 2 aromatic heterocycles. The van der Waals surface area contributed by atoms with Crippen molar-refractivity contribution in [2.24, 2.45) is 0 Å². The second-order valence-corrected chi connectivity index (χ2v) is 5.08. The minimum absolute atomic E-state index is 0.122. The van der Waals surface area contributed by atoms with Gasteiger partial charge in [0, 0.05) is 25.8 Å². The highest BCUT2D eigenvalue weighted by molar-refractivity contribution is 5.31. The fourth-order valence-corrected chi connectivity index (χ4v) is 2.33. The predicted molar refractivity (Wildman–Crippen MR) is 76.8 cm³/mol. The van der Waals surface area contributed by atoms with Gasteiger partial charge in [-0.3, -0.25) is 4.90 Å². The van der Waals surface area contributed by atoms with Gasteiger partial charge in [-0.15, -0.1) is 5.10 Å². The first-order valence-corrected chi connectivity index (χ1v) is 7.06. The highest BCUT2D eigenvalue weighted by atomic mass is 16.5. The van der Waals surface area contributed by atoms with Gasteiger partial charge in [-0.2, -0.15) is 5.10 Å². The number of anilines is 1. The Hall–Kier alpha value is -1.99. The number of hydrogen-bond donors (Lipinski definition) is 1. The van der Waals surface area contributed by atoms with Gasteiger partial charge < -0.3 is 14.5 Å². The van der Waals surface area contributed by atoms with Gasteiger partial charge in [0.05, 0.1) is 25.5 Å². The molecule has 0 spiro atoms. The molecule has 3 heterocycles. The van der Waals surface area contributed by atoms with Crippen LogP contribution < -0.4 is 5.32 Å². The van der Waals surface area contributed by atoms with Crippen LogP contribution in [0.3, 0.4) is 0 Å². The molecule has 1 atom stereocenters. The van der Waals surface area contributed by atoms with Gasteiger partial charge in [-0.05, 0) is 19.1 Å². The van der Waals surface area contributed by atoms with Crippen LogP contribution in [0.4, 0.5) is 5.82 Å². The summed E-state index contributed by atoms with van der Waals surface area (Å²) in [6, 6.07) is 3.75. The molecule has 0 saturated carbocycles. The molecule has 0 radical (unpaired) electrons. The zero-order valence-corrected chi connectivity index (χ0v) is 12.0. The Kier molecular flexibility index (Phi) is 4.42. The lowest BCUT2D eigenvalue weighted by atomic mass is 10.2. The molecule has 7 nitrogen and oxygen atoms in total. The fraction of sp³-hybridized carbons (Fsp3) is 0.500. The van der Waals surface area contributed by atoms with E-state index in [-0.39, 0.29) is 6.10 Å². The first kappa shape index (κ1) is 14.0. The minimum Gasteiger partial charge on any atom is -0.445 e. The van der Waals surface area contributed by atoms with Gasteiger partial charge in [0.25, 0.3) is 0 Å². The van der Waals surface area contributed by atoms with Crippen LogP contribution in [0, 0.1) is 6.92 Å². The van der Waals surface area contributed by atoms with E-state index >= 15 is 0 Å². The molecule has 0 unspecified atom stereocenters. The van der Waals surface area contributed by atoms with Crippen LogP contribution in [-0.4, -0.2) is 52.4 Å². The van der Waals surface area contributed by atoms with Gasteiger partial charge in [0.1, 0.15) is 11.6 Å². The lowest BCUT2D eigenvalue weighted by molar-refractivity contribution is -0.0264. The Morgan fingerprint density at radius 3 is 3.19 bits per heavy atom. The summed E-state index contributed by atoms with van der Waals surface area (Å²) >= 11 is 0. The van der Waals surface area contributed by atoms with E-state index in [2.05, 4.69) is 25.4 Å². The van der Waals surface area contributed by atoms with E-state index in [4.69, 9.17) is 9.15 Å².